The average molecular weight is 2030 g/mol. The molecule has 0 aliphatic rings. The average Bonchev–Trinajstić information content (AvgIpc) is 0.851. The Labute approximate surface area is 849 Å². The second kappa shape index (κ2) is 76.5. The molecule has 45 nitrogen and oxygen atoms in total. The van der Waals surface area contributed by atoms with Crippen LogP contribution < -0.4 is 148 Å². The first-order chi connectivity index (χ1) is 67.5. The number of nitrogens with two attached hydrogens (primary N) is 10. The quantitative estimate of drug-likeness (QED) is 0.00874. The van der Waals surface area contributed by atoms with Crippen molar-refractivity contribution >= 4 is 106 Å². The van der Waals surface area contributed by atoms with Gasteiger partial charge in [-0.3, -0.25) is 91.9 Å². The van der Waals surface area contributed by atoms with Gasteiger partial charge in [0.15, 0.2) is 5.96 Å². The fraction of sp³-hybridized carbons (Fsp3) is 0.816. The molecular weight excluding hydrogens is 1840 g/mol. The Bertz CT molecular complexity index is 3820. The summed E-state index contributed by atoms with van der Waals surface area (Å²) < 4.78 is 0. The Morgan fingerprint density at radius 1 is 0.224 bits per heavy atom. The molecule has 17 amide bonds. The standard InChI is InChI=1S/C98H190N28O17/c1-58(2)49-66(105)83(129)112-68(34-20-26-42-100)85(131)114-69(35-21-27-43-101)87(133)120-78(54-63(11)12)95(141)124-76(52-61(7)8)93(139)117-72(38-24-30-46-104)90(136)122-80(56-65(15)16)97(143)125-77(53-62(9)10)94(140)118-73(39-32-48-110-98(106)107)86(132)115-70(36-22-28-44-102)88(134)121-79(55-64(13)14)96(142)123-75(51-60(5)6)92(138)116-71(37-23-29-45-103)89(135)119-74(50-59(3)4)91(137)113-67(33-19-25-41-99)84(130)111-57-82(128)109-47-31-17-18-40-81(127)126-108/h58-80H,17-57,99-105,108H2,1-16H3,(H,109,128)(H,111,130)(H,112,129)(H,113,137)(H,114,131)(H,115,132)(H,116,138)(H,117,139)(H,118,140)(H,119,135)(H,120,133)(H,121,134)(H,122,136)(H,123,142)(H,124,141)(H,125,143)(H,126,127)(H4,106,107,110)/t66-,67-,68-,69-,70-,71-,72-,73-,74-,75-,76-,77-,78-,79-,80-/m0/s1. The van der Waals surface area contributed by atoms with E-state index < -0.39 is 192 Å². The maximum absolute atomic E-state index is 15.1. The van der Waals surface area contributed by atoms with Crippen LogP contribution in [0.5, 0.6) is 0 Å². The molecule has 0 radical (unpaired) electrons. The summed E-state index contributed by atoms with van der Waals surface area (Å²) in [6.07, 6.45) is 8.16. The third kappa shape index (κ3) is 61.1. The number of guanidine groups is 1. The summed E-state index contributed by atoms with van der Waals surface area (Å²) in [4.78, 5) is 248. The van der Waals surface area contributed by atoms with E-state index in [1.807, 2.05) is 83.1 Å². The van der Waals surface area contributed by atoms with E-state index in [0.29, 0.717) is 109 Å². The number of carbonyl (C=O) groups is 17. The van der Waals surface area contributed by atoms with Crippen molar-refractivity contribution in [2.45, 2.75) is 407 Å². The monoisotopic (exact) mass is 2030 g/mol. The number of aliphatic imine (C=N–C) groups is 1. The van der Waals surface area contributed by atoms with Crippen LogP contribution in [0.2, 0.25) is 0 Å². The minimum absolute atomic E-state index is 0.00626. The number of carbonyl (C=O) groups excluding carboxylic acids is 17. The molecule has 0 aromatic carbocycles. The highest BCUT2D eigenvalue weighted by molar-refractivity contribution is 6.01. The molecular formula is C98H190N28O17. The van der Waals surface area contributed by atoms with E-state index in [0.717, 1.165) is 0 Å². The van der Waals surface area contributed by atoms with Gasteiger partial charge in [0.25, 0.3) is 0 Å². The van der Waals surface area contributed by atoms with Crippen LogP contribution in [0.15, 0.2) is 4.99 Å². The van der Waals surface area contributed by atoms with Gasteiger partial charge < -0.3 is 137 Å². The van der Waals surface area contributed by atoms with Crippen molar-refractivity contribution in [3.8, 4) is 0 Å². The van der Waals surface area contributed by atoms with E-state index in [2.05, 4.69) is 95.5 Å². The fourth-order valence-electron chi connectivity index (χ4n) is 15.9. The number of hydrogen-bond donors (Lipinski definition) is 27. The molecule has 0 aliphatic heterocycles. The van der Waals surface area contributed by atoms with Crippen LogP contribution in [-0.2, 0) is 81.5 Å². The van der Waals surface area contributed by atoms with Gasteiger partial charge in [-0.05, 0) is 279 Å². The minimum Gasteiger partial charge on any atom is -0.370 e. The Hall–Kier alpha value is -10.1. The van der Waals surface area contributed by atoms with Gasteiger partial charge in [0, 0.05) is 19.5 Å². The summed E-state index contributed by atoms with van der Waals surface area (Å²) in [5.41, 5.74) is 55.0. The molecule has 0 unspecified atom stereocenters. The molecule has 0 saturated heterocycles. The molecule has 824 valence electrons. The van der Waals surface area contributed by atoms with Crippen molar-refractivity contribution < 1.29 is 81.5 Å². The first-order valence-electron chi connectivity index (χ1n) is 52.3. The highest BCUT2D eigenvalue weighted by atomic mass is 16.2. The molecule has 0 saturated carbocycles. The van der Waals surface area contributed by atoms with Crippen molar-refractivity contribution in [2.75, 3.05) is 58.9 Å². The van der Waals surface area contributed by atoms with E-state index in [4.69, 9.17) is 57.4 Å². The largest absolute Gasteiger partial charge is 0.370 e. The first-order valence-corrected chi connectivity index (χ1v) is 52.3. The zero-order chi connectivity index (χ0) is 108. The molecule has 0 aliphatic carbocycles. The minimum atomic E-state index is -1.45. The van der Waals surface area contributed by atoms with Crippen molar-refractivity contribution in [2.24, 2.45) is 110 Å². The Kier molecular flexibility index (Phi) is 71.1. The summed E-state index contributed by atoms with van der Waals surface area (Å²) in [6.45, 7) is 30.7. The predicted octanol–water partition coefficient (Wildman–Crippen LogP) is -0.920. The maximum Gasteiger partial charge on any atom is 0.243 e. The summed E-state index contributed by atoms with van der Waals surface area (Å²) >= 11 is 0. The van der Waals surface area contributed by atoms with Crippen LogP contribution in [0.3, 0.4) is 0 Å². The normalized spacial score (nSPS) is 14.7. The molecule has 0 rings (SSSR count). The summed E-state index contributed by atoms with van der Waals surface area (Å²) in [7, 11) is 0. The fourth-order valence-corrected chi connectivity index (χ4v) is 15.9. The van der Waals surface area contributed by atoms with Crippen molar-refractivity contribution in [3.63, 3.8) is 0 Å². The molecule has 0 spiro atoms. The molecule has 143 heavy (non-hydrogen) atoms. The van der Waals surface area contributed by atoms with Crippen LogP contribution in [0.1, 0.15) is 316 Å². The van der Waals surface area contributed by atoms with Gasteiger partial charge in [0.05, 0.1) is 12.6 Å². The Morgan fingerprint density at radius 3 is 0.636 bits per heavy atom. The zero-order valence-electron chi connectivity index (χ0n) is 88.9. The smallest absolute Gasteiger partial charge is 0.243 e. The van der Waals surface area contributed by atoms with Crippen molar-refractivity contribution in [1.29, 1.82) is 0 Å². The Balaban J connectivity index is 7.55. The van der Waals surface area contributed by atoms with Crippen LogP contribution in [0, 0.1) is 47.3 Å². The van der Waals surface area contributed by atoms with Crippen LogP contribution >= 0.6 is 0 Å². The lowest BCUT2D eigenvalue weighted by Crippen LogP contribution is -2.61. The number of amides is 17. The van der Waals surface area contributed by atoms with E-state index in [9.17, 15) is 62.3 Å². The van der Waals surface area contributed by atoms with Crippen LogP contribution in [0.4, 0.5) is 0 Å². The second-order valence-electron chi connectivity index (χ2n) is 41.1. The molecule has 45 heteroatoms. The molecule has 37 N–H and O–H groups in total. The lowest BCUT2D eigenvalue weighted by Gasteiger charge is -2.30. The zero-order valence-corrected chi connectivity index (χ0v) is 88.9. The number of rotatable bonds is 81. The number of hydrazine groups is 1. The van der Waals surface area contributed by atoms with Gasteiger partial charge >= 0.3 is 0 Å². The molecule has 0 aromatic heterocycles. The summed E-state index contributed by atoms with van der Waals surface area (Å²) in [6, 6.07) is -19.0. The lowest BCUT2D eigenvalue weighted by atomic mass is 9.98. The molecule has 15 atom stereocenters. The highest BCUT2D eigenvalue weighted by Crippen LogP contribution is 2.20. The molecule has 0 aromatic rings. The van der Waals surface area contributed by atoms with Crippen LogP contribution in [-0.4, -0.2) is 256 Å². The lowest BCUT2D eigenvalue weighted by molar-refractivity contribution is -0.137. The van der Waals surface area contributed by atoms with Gasteiger partial charge in [-0.1, -0.05) is 117 Å². The third-order valence-corrected chi connectivity index (χ3v) is 23.5. The van der Waals surface area contributed by atoms with Gasteiger partial charge in [-0.15, -0.1) is 0 Å². The van der Waals surface area contributed by atoms with Gasteiger partial charge in [0.1, 0.15) is 84.6 Å². The van der Waals surface area contributed by atoms with Crippen LogP contribution in [0.25, 0.3) is 0 Å². The first kappa shape index (κ1) is 133. The number of nitrogens with one attached hydrogen (secondary N) is 17. The SMILES string of the molecule is CC(C)C[C@H](NC(=O)[C@H](CCCCN)NC(=O)[C@H](CC(C)C)NC(=O)[C@H](CC(C)C)NC(=O)[C@H](CCCCN)NC(=O)[C@H](CCCN=C(N)N)NC(=O)[C@H](CC(C)C)NC(=O)[C@H](CC(C)C)NC(=O)[C@H](CCCCN)NC(=O)[C@H](CC(C)C)NC(=O)[C@H](CC(C)C)NC(=O)[C@H](CCCCN)NC(=O)[C@H](CCCCN)NC(=O)[C@@H](N)CC(C)C)C(=O)N[C@@H](CCCCN)C(=O)NCC(=O)NCCCCCC(=O)NN. The predicted molar refractivity (Wildman–Crippen MR) is 555 cm³/mol. The van der Waals surface area contributed by atoms with E-state index in [-0.39, 0.29) is 208 Å². The third-order valence-electron chi connectivity index (χ3n) is 23.5. The highest BCUT2D eigenvalue weighted by Gasteiger charge is 2.40. The number of hydrogen-bond acceptors (Lipinski definition) is 26. The van der Waals surface area contributed by atoms with E-state index in [1.54, 1.807) is 27.7 Å². The topological polar surface area (TPSA) is 767 Å². The van der Waals surface area contributed by atoms with E-state index in [1.165, 1.54) is 0 Å². The van der Waals surface area contributed by atoms with Crippen molar-refractivity contribution in [1.82, 2.24) is 90.5 Å². The van der Waals surface area contributed by atoms with Gasteiger partial charge in [0.2, 0.25) is 100 Å². The molecule has 0 bridgehead atoms. The number of unbranched alkanes of at least 4 members (excludes halogenated alkanes) is 8. The van der Waals surface area contributed by atoms with Gasteiger partial charge in [-0.2, -0.15) is 0 Å². The Morgan fingerprint density at radius 2 is 0.427 bits per heavy atom. The molecule has 0 fully saturated rings. The maximum atomic E-state index is 15.1. The van der Waals surface area contributed by atoms with Gasteiger partial charge in [-0.25, -0.2) is 5.84 Å². The summed E-state index contributed by atoms with van der Waals surface area (Å²) in [5.74, 6) is -8.64. The van der Waals surface area contributed by atoms with E-state index >= 15 is 19.2 Å². The molecule has 0 heterocycles. The number of nitrogens with zero attached hydrogens (tertiary/aromatic N) is 1. The van der Waals surface area contributed by atoms with Crippen molar-refractivity contribution in [3.05, 3.63) is 0 Å². The summed E-state index contributed by atoms with van der Waals surface area (Å²) in [5, 5.41) is 44.7. The second-order valence-corrected chi connectivity index (χ2v) is 41.1.